The van der Waals surface area contributed by atoms with E-state index in [0.717, 1.165) is 19.4 Å². The van der Waals surface area contributed by atoms with Crippen molar-refractivity contribution in [3.8, 4) is 0 Å². The van der Waals surface area contributed by atoms with Crippen molar-refractivity contribution in [1.29, 1.82) is 0 Å². The molecule has 0 aromatic carbocycles. The summed E-state index contributed by atoms with van der Waals surface area (Å²) in [6.07, 6.45) is 4.61. The van der Waals surface area contributed by atoms with Crippen LogP contribution in [-0.2, 0) is 4.79 Å². The highest BCUT2D eigenvalue weighted by Crippen LogP contribution is 2.27. The third kappa shape index (κ3) is 3.87. The van der Waals surface area contributed by atoms with E-state index in [-0.39, 0.29) is 11.8 Å². The second kappa shape index (κ2) is 5.59. The summed E-state index contributed by atoms with van der Waals surface area (Å²) in [6, 6.07) is 0. The molecule has 0 aromatic rings. The van der Waals surface area contributed by atoms with Gasteiger partial charge >= 0.3 is 0 Å². The van der Waals surface area contributed by atoms with E-state index in [2.05, 4.69) is 5.32 Å². The molecule has 2 atom stereocenters. The molecule has 1 fully saturated rings. The van der Waals surface area contributed by atoms with Gasteiger partial charge in [0.25, 0.3) is 0 Å². The van der Waals surface area contributed by atoms with E-state index in [1.807, 2.05) is 13.8 Å². The topological polar surface area (TPSA) is 29.1 Å². The summed E-state index contributed by atoms with van der Waals surface area (Å²) in [5, 5.41) is 3.30. The monoisotopic (exact) mass is 217 g/mol. The lowest BCUT2D eigenvalue weighted by molar-refractivity contribution is -0.124. The number of alkyl halides is 1. The maximum atomic E-state index is 11.3. The minimum atomic E-state index is 0.0883. The van der Waals surface area contributed by atoms with Crippen molar-refractivity contribution in [2.45, 2.75) is 44.9 Å². The Morgan fingerprint density at radius 1 is 1.50 bits per heavy atom. The van der Waals surface area contributed by atoms with Crippen LogP contribution in [0.3, 0.4) is 0 Å². The fraction of sp³-hybridized carbons (Fsp3) is 0.909. The predicted octanol–water partition coefficient (Wildman–Crippen LogP) is 2.56. The molecule has 1 N–H and O–H groups in total. The molecule has 14 heavy (non-hydrogen) atoms. The van der Waals surface area contributed by atoms with Crippen molar-refractivity contribution in [2.75, 3.05) is 6.54 Å². The van der Waals surface area contributed by atoms with Gasteiger partial charge < -0.3 is 5.32 Å². The van der Waals surface area contributed by atoms with Crippen LogP contribution in [0.15, 0.2) is 0 Å². The van der Waals surface area contributed by atoms with Crippen LogP contribution in [0, 0.1) is 11.8 Å². The molecule has 1 aliphatic rings. The quantitative estimate of drug-likeness (QED) is 0.724. The minimum Gasteiger partial charge on any atom is -0.356 e. The third-order valence-corrected chi connectivity index (χ3v) is 3.20. The van der Waals surface area contributed by atoms with Crippen LogP contribution in [0.5, 0.6) is 0 Å². The Bertz CT molecular complexity index is 194. The first-order valence-corrected chi connectivity index (χ1v) is 5.95. The molecule has 1 rings (SSSR count). The van der Waals surface area contributed by atoms with Crippen molar-refractivity contribution in [2.24, 2.45) is 11.8 Å². The molecular weight excluding hydrogens is 198 g/mol. The largest absolute Gasteiger partial charge is 0.356 e. The molecule has 82 valence electrons. The Kier molecular flexibility index (Phi) is 4.73. The number of rotatable bonds is 3. The van der Waals surface area contributed by atoms with Gasteiger partial charge in [-0.05, 0) is 25.2 Å². The zero-order chi connectivity index (χ0) is 10.6. The molecule has 0 bridgehead atoms. The van der Waals surface area contributed by atoms with Crippen LogP contribution < -0.4 is 5.32 Å². The maximum absolute atomic E-state index is 11.3. The van der Waals surface area contributed by atoms with E-state index < -0.39 is 0 Å². The van der Waals surface area contributed by atoms with E-state index in [1.165, 1.54) is 12.8 Å². The zero-order valence-electron chi connectivity index (χ0n) is 9.05. The van der Waals surface area contributed by atoms with Gasteiger partial charge in [0.15, 0.2) is 0 Å². The van der Waals surface area contributed by atoms with Crippen molar-refractivity contribution < 1.29 is 4.79 Å². The van der Waals surface area contributed by atoms with Crippen LogP contribution in [0.25, 0.3) is 0 Å². The van der Waals surface area contributed by atoms with E-state index >= 15 is 0 Å². The molecule has 1 saturated carbocycles. The number of halogens is 1. The molecule has 0 spiro atoms. The van der Waals surface area contributed by atoms with Crippen LogP contribution in [0.4, 0.5) is 0 Å². The van der Waals surface area contributed by atoms with E-state index in [1.54, 1.807) is 0 Å². The summed E-state index contributed by atoms with van der Waals surface area (Å²) in [7, 11) is 0. The summed E-state index contributed by atoms with van der Waals surface area (Å²) in [6.45, 7) is 4.64. The molecular formula is C11H20ClNO. The summed E-state index contributed by atoms with van der Waals surface area (Å²) in [5.41, 5.74) is 0. The van der Waals surface area contributed by atoms with E-state index in [4.69, 9.17) is 11.6 Å². The Morgan fingerprint density at radius 3 is 2.79 bits per heavy atom. The normalized spacial score (nSPS) is 27.7. The fourth-order valence-corrected chi connectivity index (χ4v) is 2.27. The molecule has 2 unspecified atom stereocenters. The van der Waals surface area contributed by atoms with Gasteiger partial charge in [0.05, 0.1) is 0 Å². The first kappa shape index (κ1) is 11.8. The molecule has 1 aliphatic carbocycles. The van der Waals surface area contributed by atoms with E-state index in [0.29, 0.717) is 11.3 Å². The van der Waals surface area contributed by atoms with Crippen LogP contribution in [0.1, 0.15) is 39.5 Å². The Labute approximate surface area is 91.4 Å². The van der Waals surface area contributed by atoms with Crippen molar-refractivity contribution >= 4 is 17.5 Å². The van der Waals surface area contributed by atoms with Gasteiger partial charge in [0.1, 0.15) is 0 Å². The maximum Gasteiger partial charge on any atom is 0.222 e. The van der Waals surface area contributed by atoms with Gasteiger partial charge in [-0.25, -0.2) is 0 Å². The van der Waals surface area contributed by atoms with Crippen LogP contribution >= 0.6 is 11.6 Å². The SMILES string of the molecule is CC(C)C(=O)NCC1CCCC(Cl)C1. The third-order valence-electron chi connectivity index (χ3n) is 2.81. The average molecular weight is 218 g/mol. The number of nitrogens with one attached hydrogen (secondary N) is 1. The number of carbonyl (C=O) groups excluding carboxylic acids is 1. The van der Waals surface area contributed by atoms with Gasteiger partial charge in [0.2, 0.25) is 5.91 Å². The van der Waals surface area contributed by atoms with Gasteiger partial charge in [-0.15, -0.1) is 11.6 Å². The highest BCUT2D eigenvalue weighted by Gasteiger charge is 2.20. The summed E-state index contributed by atoms with van der Waals surface area (Å²) < 4.78 is 0. The highest BCUT2D eigenvalue weighted by molar-refractivity contribution is 6.20. The number of carbonyl (C=O) groups is 1. The van der Waals surface area contributed by atoms with Gasteiger partial charge in [0, 0.05) is 17.8 Å². The lowest BCUT2D eigenvalue weighted by Crippen LogP contribution is -2.34. The molecule has 0 heterocycles. The average Bonchev–Trinajstić information content (AvgIpc) is 2.14. The second-order valence-electron chi connectivity index (χ2n) is 4.53. The van der Waals surface area contributed by atoms with Crippen LogP contribution in [-0.4, -0.2) is 17.8 Å². The molecule has 0 aliphatic heterocycles. The summed E-state index contributed by atoms with van der Waals surface area (Å²) >= 11 is 6.08. The number of hydrogen-bond acceptors (Lipinski definition) is 1. The first-order chi connectivity index (χ1) is 6.59. The molecule has 3 heteroatoms. The van der Waals surface area contributed by atoms with Crippen LogP contribution in [0.2, 0.25) is 0 Å². The second-order valence-corrected chi connectivity index (χ2v) is 5.15. The highest BCUT2D eigenvalue weighted by atomic mass is 35.5. The Morgan fingerprint density at radius 2 is 2.21 bits per heavy atom. The lowest BCUT2D eigenvalue weighted by Gasteiger charge is -2.25. The van der Waals surface area contributed by atoms with Crippen molar-refractivity contribution in [1.82, 2.24) is 5.32 Å². The minimum absolute atomic E-state index is 0.0883. The molecule has 0 saturated heterocycles. The molecule has 0 radical (unpaired) electrons. The Hall–Kier alpha value is -0.240. The molecule has 0 aromatic heterocycles. The number of hydrogen-bond donors (Lipinski definition) is 1. The first-order valence-electron chi connectivity index (χ1n) is 5.51. The lowest BCUT2D eigenvalue weighted by atomic mass is 9.89. The van der Waals surface area contributed by atoms with Crippen molar-refractivity contribution in [3.05, 3.63) is 0 Å². The summed E-state index contributed by atoms with van der Waals surface area (Å²) in [4.78, 5) is 11.3. The fourth-order valence-electron chi connectivity index (χ4n) is 1.86. The van der Waals surface area contributed by atoms with Gasteiger partial charge in [-0.2, -0.15) is 0 Å². The Balaban J connectivity index is 2.20. The van der Waals surface area contributed by atoms with Gasteiger partial charge in [-0.3, -0.25) is 4.79 Å². The predicted molar refractivity (Wildman–Crippen MR) is 59.4 cm³/mol. The standard InChI is InChI=1S/C11H20ClNO/c1-8(2)11(14)13-7-9-4-3-5-10(12)6-9/h8-10H,3-7H2,1-2H3,(H,13,14). The van der Waals surface area contributed by atoms with Crippen molar-refractivity contribution in [3.63, 3.8) is 0 Å². The molecule has 1 amide bonds. The number of amides is 1. The smallest absolute Gasteiger partial charge is 0.222 e. The zero-order valence-corrected chi connectivity index (χ0v) is 9.81. The van der Waals surface area contributed by atoms with Gasteiger partial charge in [-0.1, -0.05) is 20.3 Å². The summed E-state index contributed by atoms with van der Waals surface area (Å²) in [5.74, 6) is 0.834. The molecule has 2 nitrogen and oxygen atoms in total. The van der Waals surface area contributed by atoms with E-state index in [9.17, 15) is 4.79 Å².